The van der Waals surface area contributed by atoms with Crippen molar-refractivity contribution in [2.75, 3.05) is 25.0 Å². The van der Waals surface area contributed by atoms with Gasteiger partial charge in [-0.3, -0.25) is 9.59 Å². The standard InChI is InChI=1S/C24H24ClN3O3S/c1-3-31-18-9-6-16(7-10-18)23-26-15(2)21(32-23)22(29)27-20-11-8-17(25)14-19(20)24(30)28-12-4-5-13-28/h6-11,14H,3-5,12-13H2,1-2H3,(H,27,29). The number of nitrogens with zero attached hydrogens (tertiary/aromatic N) is 2. The number of hydrogen-bond donors (Lipinski definition) is 1. The monoisotopic (exact) mass is 469 g/mol. The maximum absolute atomic E-state index is 13.1. The molecule has 8 heteroatoms. The number of aryl methyl sites for hydroxylation is 1. The largest absolute Gasteiger partial charge is 0.494 e. The number of nitrogens with one attached hydrogen (secondary N) is 1. The molecule has 1 saturated heterocycles. The van der Waals surface area contributed by atoms with Crippen molar-refractivity contribution in [1.29, 1.82) is 0 Å². The first-order chi connectivity index (χ1) is 15.5. The average molecular weight is 470 g/mol. The first-order valence-corrected chi connectivity index (χ1v) is 11.8. The van der Waals surface area contributed by atoms with E-state index in [1.54, 1.807) is 23.1 Å². The molecule has 0 radical (unpaired) electrons. The molecule has 1 N–H and O–H groups in total. The van der Waals surface area contributed by atoms with Gasteiger partial charge >= 0.3 is 0 Å². The Bertz CT molecular complexity index is 1140. The van der Waals surface area contributed by atoms with Crippen LogP contribution in [0.5, 0.6) is 5.75 Å². The van der Waals surface area contributed by atoms with Crippen molar-refractivity contribution in [2.24, 2.45) is 0 Å². The van der Waals surface area contributed by atoms with E-state index in [4.69, 9.17) is 16.3 Å². The second-order valence-electron chi connectivity index (χ2n) is 7.53. The molecule has 0 aliphatic carbocycles. The zero-order valence-corrected chi connectivity index (χ0v) is 19.6. The molecule has 32 heavy (non-hydrogen) atoms. The van der Waals surface area contributed by atoms with Crippen LogP contribution in [0.3, 0.4) is 0 Å². The normalized spacial score (nSPS) is 13.3. The molecule has 1 aliphatic rings. The van der Waals surface area contributed by atoms with Gasteiger partial charge in [0.05, 0.1) is 23.6 Å². The minimum Gasteiger partial charge on any atom is -0.494 e. The summed E-state index contributed by atoms with van der Waals surface area (Å²) < 4.78 is 5.48. The van der Waals surface area contributed by atoms with Crippen LogP contribution in [-0.4, -0.2) is 41.4 Å². The number of halogens is 1. The van der Waals surface area contributed by atoms with Crippen LogP contribution in [0, 0.1) is 6.92 Å². The summed E-state index contributed by atoms with van der Waals surface area (Å²) in [7, 11) is 0. The van der Waals surface area contributed by atoms with Gasteiger partial charge in [-0.15, -0.1) is 11.3 Å². The SMILES string of the molecule is CCOc1ccc(-c2nc(C)c(C(=O)Nc3ccc(Cl)cc3C(=O)N3CCCC3)s2)cc1. The first kappa shape index (κ1) is 22.3. The summed E-state index contributed by atoms with van der Waals surface area (Å²) in [5.74, 6) is 0.381. The predicted octanol–water partition coefficient (Wildman–Crippen LogP) is 5.66. The van der Waals surface area contributed by atoms with Crippen molar-refractivity contribution in [3.63, 3.8) is 0 Å². The fourth-order valence-electron chi connectivity index (χ4n) is 3.66. The van der Waals surface area contributed by atoms with Gasteiger partial charge < -0.3 is 15.0 Å². The van der Waals surface area contributed by atoms with E-state index in [0.717, 1.165) is 42.3 Å². The fraction of sp³-hybridized carbons (Fsp3) is 0.292. The Morgan fingerprint density at radius 2 is 1.88 bits per heavy atom. The molecule has 2 heterocycles. The van der Waals surface area contributed by atoms with E-state index in [0.29, 0.717) is 33.5 Å². The second kappa shape index (κ2) is 9.71. The lowest BCUT2D eigenvalue weighted by Crippen LogP contribution is -2.28. The molecule has 4 rings (SSSR count). The molecule has 166 valence electrons. The van der Waals surface area contributed by atoms with E-state index in [1.165, 1.54) is 11.3 Å². The lowest BCUT2D eigenvalue weighted by Gasteiger charge is -2.18. The summed E-state index contributed by atoms with van der Waals surface area (Å²) >= 11 is 7.46. The van der Waals surface area contributed by atoms with Crippen LogP contribution in [-0.2, 0) is 0 Å². The number of anilines is 1. The van der Waals surface area contributed by atoms with Crippen LogP contribution >= 0.6 is 22.9 Å². The molecule has 0 spiro atoms. The van der Waals surface area contributed by atoms with Crippen molar-refractivity contribution in [3.8, 4) is 16.3 Å². The number of likely N-dealkylation sites (tertiary alicyclic amines) is 1. The third-order valence-corrected chi connectivity index (χ3v) is 6.71. The van der Waals surface area contributed by atoms with Crippen molar-refractivity contribution in [3.05, 3.63) is 63.6 Å². The number of thiazole rings is 1. The molecule has 3 aromatic rings. The number of carbonyl (C=O) groups excluding carboxylic acids is 2. The van der Waals surface area contributed by atoms with Crippen molar-refractivity contribution in [1.82, 2.24) is 9.88 Å². The summed E-state index contributed by atoms with van der Waals surface area (Å²) in [5.41, 5.74) is 2.41. The molecule has 2 amide bonds. The van der Waals surface area contributed by atoms with E-state index in [-0.39, 0.29) is 11.8 Å². The summed E-state index contributed by atoms with van der Waals surface area (Å²) in [6, 6.07) is 12.6. The van der Waals surface area contributed by atoms with Gasteiger partial charge in [-0.05, 0) is 69.2 Å². The fourth-order valence-corrected chi connectivity index (χ4v) is 4.80. The van der Waals surface area contributed by atoms with Gasteiger partial charge in [0.2, 0.25) is 0 Å². The van der Waals surface area contributed by atoms with E-state index >= 15 is 0 Å². The van der Waals surface area contributed by atoms with Gasteiger partial charge in [0.25, 0.3) is 11.8 Å². The van der Waals surface area contributed by atoms with Gasteiger partial charge in [-0.25, -0.2) is 4.98 Å². The molecule has 1 fully saturated rings. The van der Waals surface area contributed by atoms with E-state index in [2.05, 4.69) is 10.3 Å². The summed E-state index contributed by atoms with van der Waals surface area (Å²) in [6.45, 7) is 5.79. The first-order valence-electron chi connectivity index (χ1n) is 10.6. The smallest absolute Gasteiger partial charge is 0.267 e. The molecule has 0 unspecified atom stereocenters. The van der Waals surface area contributed by atoms with Gasteiger partial charge in [0.15, 0.2) is 0 Å². The maximum Gasteiger partial charge on any atom is 0.267 e. The Hall–Kier alpha value is -2.90. The van der Waals surface area contributed by atoms with Gasteiger partial charge in [0, 0.05) is 23.7 Å². The Kier molecular flexibility index (Phi) is 6.77. The Balaban J connectivity index is 1.56. The van der Waals surface area contributed by atoms with Crippen LogP contribution in [0.1, 0.15) is 45.5 Å². The molecule has 0 saturated carbocycles. The van der Waals surface area contributed by atoms with Gasteiger partial charge in [-0.2, -0.15) is 0 Å². The third-order valence-electron chi connectivity index (χ3n) is 5.27. The van der Waals surface area contributed by atoms with Crippen LogP contribution in [0.15, 0.2) is 42.5 Å². The number of amides is 2. The molecule has 0 bridgehead atoms. The van der Waals surface area contributed by atoms with Gasteiger partial charge in [-0.1, -0.05) is 11.6 Å². The molecule has 0 atom stereocenters. The number of hydrogen-bond acceptors (Lipinski definition) is 5. The molecule has 1 aromatic heterocycles. The van der Waals surface area contributed by atoms with E-state index < -0.39 is 0 Å². The lowest BCUT2D eigenvalue weighted by atomic mass is 10.1. The van der Waals surface area contributed by atoms with Crippen LogP contribution in [0.25, 0.3) is 10.6 Å². The van der Waals surface area contributed by atoms with E-state index in [9.17, 15) is 9.59 Å². The highest BCUT2D eigenvalue weighted by molar-refractivity contribution is 7.17. The Labute approximate surface area is 196 Å². The molecular weight excluding hydrogens is 446 g/mol. The molecule has 6 nitrogen and oxygen atoms in total. The topological polar surface area (TPSA) is 71.5 Å². The van der Waals surface area contributed by atoms with Crippen LogP contribution in [0.2, 0.25) is 5.02 Å². The highest BCUT2D eigenvalue weighted by Crippen LogP contribution is 2.31. The number of rotatable bonds is 6. The second-order valence-corrected chi connectivity index (χ2v) is 8.97. The van der Waals surface area contributed by atoms with Crippen LogP contribution < -0.4 is 10.1 Å². The summed E-state index contributed by atoms with van der Waals surface area (Å²) in [5, 5.41) is 4.10. The zero-order chi connectivity index (χ0) is 22.7. The quantitative estimate of drug-likeness (QED) is 0.505. The zero-order valence-electron chi connectivity index (χ0n) is 18.0. The third kappa shape index (κ3) is 4.79. The molecular formula is C24H24ClN3O3S. The van der Waals surface area contributed by atoms with Crippen molar-refractivity contribution in [2.45, 2.75) is 26.7 Å². The minimum atomic E-state index is -0.296. The highest BCUT2D eigenvalue weighted by Gasteiger charge is 2.24. The van der Waals surface area contributed by atoms with Crippen molar-refractivity contribution >= 4 is 40.4 Å². The lowest BCUT2D eigenvalue weighted by molar-refractivity contribution is 0.0794. The predicted molar refractivity (Wildman–Crippen MR) is 128 cm³/mol. The van der Waals surface area contributed by atoms with Gasteiger partial charge in [0.1, 0.15) is 15.6 Å². The summed E-state index contributed by atoms with van der Waals surface area (Å²) in [4.78, 5) is 32.9. The van der Waals surface area contributed by atoms with Crippen LogP contribution in [0.4, 0.5) is 5.69 Å². The molecule has 1 aliphatic heterocycles. The van der Waals surface area contributed by atoms with Crippen molar-refractivity contribution < 1.29 is 14.3 Å². The highest BCUT2D eigenvalue weighted by atomic mass is 35.5. The number of carbonyl (C=O) groups is 2. The Morgan fingerprint density at radius 1 is 1.16 bits per heavy atom. The minimum absolute atomic E-state index is 0.114. The van der Waals surface area contributed by atoms with E-state index in [1.807, 2.05) is 38.1 Å². The number of aromatic nitrogens is 1. The number of benzene rings is 2. The summed E-state index contributed by atoms with van der Waals surface area (Å²) in [6.07, 6.45) is 1.98. The Morgan fingerprint density at radius 3 is 2.56 bits per heavy atom. The number of ether oxygens (including phenoxy) is 1. The maximum atomic E-state index is 13.1. The average Bonchev–Trinajstić information content (AvgIpc) is 3.45. The molecule has 2 aromatic carbocycles.